The molecule has 0 aromatic carbocycles. The standard InChI is InChI=1S/C12H13N5OS/c1-7-9-5-10(19-12(9)17(2)16-7)11(18)13-6-8-3-4-14-15-8/h3-5H,6H2,1-2H3,(H,13,18)(H,14,15). The monoisotopic (exact) mass is 275 g/mol. The number of carbonyl (C=O) groups is 1. The van der Waals surface area contributed by atoms with Crippen molar-refractivity contribution in [1.82, 2.24) is 25.3 Å². The summed E-state index contributed by atoms with van der Waals surface area (Å²) < 4.78 is 1.81. The number of carbonyl (C=O) groups excluding carboxylic acids is 1. The zero-order valence-corrected chi connectivity index (χ0v) is 11.4. The second-order valence-corrected chi connectivity index (χ2v) is 5.33. The quantitative estimate of drug-likeness (QED) is 0.762. The summed E-state index contributed by atoms with van der Waals surface area (Å²) in [5, 5.41) is 14.9. The molecule has 0 aliphatic heterocycles. The largest absolute Gasteiger partial charge is 0.346 e. The molecule has 1 amide bonds. The van der Waals surface area contributed by atoms with E-state index < -0.39 is 0 Å². The summed E-state index contributed by atoms with van der Waals surface area (Å²) in [5.41, 5.74) is 1.83. The Morgan fingerprint density at radius 3 is 3.11 bits per heavy atom. The minimum Gasteiger partial charge on any atom is -0.346 e. The first-order chi connectivity index (χ1) is 9.15. The fourth-order valence-corrected chi connectivity index (χ4v) is 3.00. The molecule has 19 heavy (non-hydrogen) atoms. The number of nitrogens with zero attached hydrogens (tertiary/aromatic N) is 3. The molecule has 7 heteroatoms. The molecule has 3 heterocycles. The molecule has 2 N–H and O–H groups in total. The van der Waals surface area contributed by atoms with E-state index in [-0.39, 0.29) is 5.91 Å². The second-order valence-electron chi connectivity index (χ2n) is 4.30. The Bertz CT molecular complexity index is 690. The number of fused-ring (bicyclic) bond motifs is 1. The van der Waals surface area contributed by atoms with Crippen molar-refractivity contribution < 1.29 is 4.79 Å². The van der Waals surface area contributed by atoms with Crippen molar-refractivity contribution in [3.8, 4) is 0 Å². The van der Waals surface area contributed by atoms with E-state index in [0.717, 1.165) is 21.6 Å². The molecule has 3 aromatic heterocycles. The summed E-state index contributed by atoms with van der Waals surface area (Å²) in [4.78, 5) is 13.8. The molecular weight excluding hydrogens is 262 g/mol. The van der Waals surface area contributed by atoms with Gasteiger partial charge in [0.05, 0.1) is 22.8 Å². The van der Waals surface area contributed by atoms with E-state index >= 15 is 0 Å². The Labute approximate surface area is 113 Å². The van der Waals surface area contributed by atoms with Crippen molar-refractivity contribution in [2.24, 2.45) is 7.05 Å². The smallest absolute Gasteiger partial charge is 0.261 e. The minimum absolute atomic E-state index is 0.0739. The number of hydrogen-bond donors (Lipinski definition) is 2. The number of aryl methyl sites for hydroxylation is 2. The van der Waals surface area contributed by atoms with Gasteiger partial charge in [-0.05, 0) is 19.1 Å². The van der Waals surface area contributed by atoms with Gasteiger partial charge in [-0.15, -0.1) is 11.3 Å². The van der Waals surface area contributed by atoms with Crippen LogP contribution in [0.4, 0.5) is 0 Å². The molecule has 3 aromatic rings. The molecular formula is C12H13N5OS. The van der Waals surface area contributed by atoms with Crippen LogP contribution in [0.25, 0.3) is 10.2 Å². The molecule has 0 spiro atoms. The van der Waals surface area contributed by atoms with Gasteiger partial charge in [-0.25, -0.2) is 0 Å². The highest BCUT2D eigenvalue weighted by Gasteiger charge is 2.14. The molecule has 0 aliphatic rings. The highest BCUT2D eigenvalue weighted by molar-refractivity contribution is 7.20. The summed E-state index contributed by atoms with van der Waals surface area (Å²) in [5.74, 6) is -0.0739. The van der Waals surface area contributed by atoms with Crippen molar-refractivity contribution in [1.29, 1.82) is 0 Å². The van der Waals surface area contributed by atoms with Crippen LogP contribution >= 0.6 is 11.3 Å². The normalized spacial score (nSPS) is 11.1. The number of nitrogens with one attached hydrogen (secondary N) is 2. The van der Waals surface area contributed by atoms with E-state index in [4.69, 9.17) is 0 Å². The highest BCUT2D eigenvalue weighted by Crippen LogP contribution is 2.27. The maximum Gasteiger partial charge on any atom is 0.261 e. The third kappa shape index (κ3) is 2.12. The molecule has 3 rings (SSSR count). The predicted molar refractivity (Wildman–Crippen MR) is 73.1 cm³/mol. The van der Waals surface area contributed by atoms with Crippen molar-refractivity contribution in [3.05, 3.63) is 34.6 Å². The zero-order valence-electron chi connectivity index (χ0n) is 10.6. The fraction of sp³-hybridized carbons (Fsp3) is 0.250. The molecule has 0 aliphatic carbocycles. The van der Waals surface area contributed by atoms with Gasteiger partial charge in [0, 0.05) is 18.6 Å². The van der Waals surface area contributed by atoms with E-state index in [1.165, 1.54) is 11.3 Å². The number of H-pyrrole nitrogens is 1. The third-order valence-corrected chi connectivity index (χ3v) is 4.12. The lowest BCUT2D eigenvalue weighted by Crippen LogP contribution is -2.21. The van der Waals surface area contributed by atoms with Gasteiger partial charge in [0.15, 0.2) is 0 Å². The Morgan fingerprint density at radius 2 is 2.42 bits per heavy atom. The Kier molecular flexibility index (Phi) is 2.83. The average molecular weight is 275 g/mol. The summed E-state index contributed by atoms with van der Waals surface area (Å²) in [6, 6.07) is 3.73. The Balaban J connectivity index is 1.79. The van der Waals surface area contributed by atoms with Crippen molar-refractivity contribution in [2.75, 3.05) is 0 Å². The first-order valence-electron chi connectivity index (χ1n) is 5.85. The number of rotatable bonds is 3. The second kappa shape index (κ2) is 4.51. The van der Waals surface area contributed by atoms with E-state index in [1.807, 2.05) is 26.1 Å². The average Bonchev–Trinajstić information content (AvgIpc) is 3.08. The van der Waals surface area contributed by atoms with Crippen LogP contribution in [-0.2, 0) is 13.6 Å². The molecule has 0 saturated carbocycles. The number of aromatic nitrogens is 4. The van der Waals surface area contributed by atoms with Crippen LogP contribution in [0, 0.1) is 6.92 Å². The van der Waals surface area contributed by atoms with Crippen LogP contribution < -0.4 is 5.32 Å². The number of hydrogen-bond acceptors (Lipinski definition) is 4. The number of aromatic amines is 1. The molecule has 0 atom stereocenters. The highest BCUT2D eigenvalue weighted by atomic mass is 32.1. The van der Waals surface area contributed by atoms with Crippen LogP contribution in [0.3, 0.4) is 0 Å². The Morgan fingerprint density at radius 1 is 1.58 bits per heavy atom. The molecule has 0 unspecified atom stereocenters. The van der Waals surface area contributed by atoms with E-state index in [9.17, 15) is 4.79 Å². The first-order valence-corrected chi connectivity index (χ1v) is 6.66. The zero-order chi connectivity index (χ0) is 13.4. The topological polar surface area (TPSA) is 75.6 Å². The summed E-state index contributed by atoms with van der Waals surface area (Å²) >= 11 is 1.45. The molecule has 6 nitrogen and oxygen atoms in total. The summed E-state index contributed by atoms with van der Waals surface area (Å²) in [6.07, 6.45) is 1.66. The van der Waals surface area contributed by atoms with Gasteiger partial charge in [0.1, 0.15) is 4.83 Å². The molecule has 0 fully saturated rings. The maximum absolute atomic E-state index is 12.1. The molecule has 98 valence electrons. The summed E-state index contributed by atoms with van der Waals surface area (Å²) in [6.45, 7) is 2.39. The number of thiophene rings is 1. The lowest BCUT2D eigenvalue weighted by Gasteiger charge is -2.00. The van der Waals surface area contributed by atoms with Crippen LogP contribution in [-0.4, -0.2) is 25.9 Å². The van der Waals surface area contributed by atoms with Crippen LogP contribution in [0.1, 0.15) is 21.1 Å². The van der Waals surface area contributed by atoms with E-state index in [2.05, 4.69) is 20.6 Å². The van der Waals surface area contributed by atoms with Gasteiger partial charge >= 0.3 is 0 Å². The first kappa shape index (κ1) is 11.9. The van der Waals surface area contributed by atoms with Crippen molar-refractivity contribution in [3.63, 3.8) is 0 Å². The van der Waals surface area contributed by atoms with Gasteiger partial charge in [-0.1, -0.05) is 0 Å². The molecule has 0 bridgehead atoms. The van der Waals surface area contributed by atoms with Crippen LogP contribution in [0.15, 0.2) is 18.3 Å². The predicted octanol–water partition coefficient (Wildman–Crippen LogP) is 1.60. The van der Waals surface area contributed by atoms with E-state index in [1.54, 1.807) is 10.9 Å². The van der Waals surface area contributed by atoms with Gasteiger partial charge < -0.3 is 5.32 Å². The van der Waals surface area contributed by atoms with Crippen molar-refractivity contribution >= 4 is 27.5 Å². The fourth-order valence-electron chi connectivity index (χ4n) is 1.96. The van der Waals surface area contributed by atoms with Crippen LogP contribution in [0.2, 0.25) is 0 Å². The number of amides is 1. The van der Waals surface area contributed by atoms with Gasteiger partial charge in [0.25, 0.3) is 5.91 Å². The third-order valence-electron chi connectivity index (χ3n) is 2.92. The van der Waals surface area contributed by atoms with Gasteiger partial charge in [-0.3, -0.25) is 14.6 Å². The molecule has 0 radical (unpaired) electrons. The molecule has 0 saturated heterocycles. The van der Waals surface area contributed by atoms with Gasteiger partial charge in [-0.2, -0.15) is 10.2 Å². The lowest BCUT2D eigenvalue weighted by molar-refractivity contribution is 0.0954. The summed E-state index contributed by atoms with van der Waals surface area (Å²) in [7, 11) is 1.89. The van der Waals surface area contributed by atoms with E-state index in [0.29, 0.717) is 11.4 Å². The maximum atomic E-state index is 12.1. The minimum atomic E-state index is -0.0739. The van der Waals surface area contributed by atoms with Crippen LogP contribution in [0.5, 0.6) is 0 Å². The lowest BCUT2D eigenvalue weighted by atomic mass is 10.3. The Hall–Kier alpha value is -2.15. The SMILES string of the molecule is Cc1nn(C)c2sc(C(=O)NCc3ccn[nH]3)cc12. The van der Waals surface area contributed by atoms with Gasteiger partial charge in [0.2, 0.25) is 0 Å². The van der Waals surface area contributed by atoms with Crippen molar-refractivity contribution in [2.45, 2.75) is 13.5 Å².